The molecule has 114 valence electrons. The highest BCUT2D eigenvalue weighted by atomic mass is 79.9. The molecule has 1 aromatic rings. The smallest absolute Gasteiger partial charge is 0.336 e. The van der Waals surface area contributed by atoms with Crippen molar-refractivity contribution in [3.63, 3.8) is 0 Å². The number of rotatable bonds is 5. The fourth-order valence-corrected chi connectivity index (χ4v) is 3.19. The summed E-state index contributed by atoms with van der Waals surface area (Å²) in [5, 5.41) is 15.3. The van der Waals surface area contributed by atoms with Crippen LogP contribution in [-0.2, 0) is 4.79 Å². The third-order valence-corrected chi connectivity index (χ3v) is 4.50. The van der Waals surface area contributed by atoms with Gasteiger partial charge in [0.15, 0.2) is 0 Å². The van der Waals surface area contributed by atoms with Gasteiger partial charge in [0.25, 0.3) is 0 Å². The molecule has 0 saturated carbocycles. The van der Waals surface area contributed by atoms with Gasteiger partial charge in [-0.1, -0.05) is 13.3 Å². The molecule has 0 aliphatic carbocycles. The van der Waals surface area contributed by atoms with Gasteiger partial charge in [0.05, 0.1) is 11.1 Å². The largest absolute Gasteiger partial charge is 0.478 e. The number of benzene rings is 1. The molecule has 1 fully saturated rings. The van der Waals surface area contributed by atoms with Crippen LogP contribution < -0.4 is 10.6 Å². The van der Waals surface area contributed by atoms with E-state index in [1.165, 1.54) is 6.07 Å². The molecule has 0 spiro atoms. The predicted molar refractivity (Wildman–Crippen MR) is 84.6 cm³/mol. The van der Waals surface area contributed by atoms with Crippen LogP contribution in [0.4, 0.5) is 5.69 Å². The Kier molecular flexibility index (Phi) is 5.00. The zero-order valence-corrected chi connectivity index (χ0v) is 13.5. The van der Waals surface area contributed by atoms with Crippen LogP contribution >= 0.6 is 15.9 Å². The number of hydrogen-bond donors (Lipinski definition) is 3. The Bertz CT molecular complexity index is 554. The van der Waals surface area contributed by atoms with Crippen molar-refractivity contribution in [3.05, 3.63) is 28.2 Å². The van der Waals surface area contributed by atoms with Crippen molar-refractivity contribution in [2.24, 2.45) is 0 Å². The Hall–Kier alpha value is -1.40. The third kappa shape index (κ3) is 3.44. The highest BCUT2D eigenvalue weighted by molar-refractivity contribution is 9.10. The van der Waals surface area contributed by atoms with Gasteiger partial charge in [0.1, 0.15) is 0 Å². The number of carboxylic acids is 1. The van der Waals surface area contributed by atoms with E-state index in [1.54, 1.807) is 12.1 Å². The standard InChI is InChI=1S/C15H19BrN2O3/c1-2-6-15(7-3-8-17-15)14(21)18-10-4-5-12(16)11(9-10)13(19)20/h4-5,9,17H,2-3,6-8H2,1H3,(H,18,21)(H,19,20). The molecule has 0 bridgehead atoms. The number of amides is 1. The molecule has 1 atom stereocenters. The quantitative estimate of drug-likeness (QED) is 0.759. The summed E-state index contributed by atoms with van der Waals surface area (Å²) in [6, 6.07) is 4.80. The van der Waals surface area contributed by atoms with Gasteiger partial charge in [-0.15, -0.1) is 0 Å². The van der Waals surface area contributed by atoms with E-state index in [1.807, 2.05) is 0 Å². The van der Waals surface area contributed by atoms with Crippen LogP contribution in [0.15, 0.2) is 22.7 Å². The maximum Gasteiger partial charge on any atom is 0.336 e. The van der Waals surface area contributed by atoms with Gasteiger partial charge in [-0.05, 0) is 59.9 Å². The number of carbonyl (C=O) groups excluding carboxylic acids is 1. The minimum Gasteiger partial charge on any atom is -0.478 e. The molecule has 1 aliphatic rings. The highest BCUT2D eigenvalue weighted by Crippen LogP contribution is 2.27. The molecular formula is C15H19BrN2O3. The van der Waals surface area contributed by atoms with Crippen LogP contribution in [-0.4, -0.2) is 29.1 Å². The summed E-state index contributed by atoms with van der Waals surface area (Å²) in [6.07, 6.45) is 3.49. The van der Waals surface area contributed by atoms with Gasteiger partial charge in [-0.2, -0.15) is 0 Å². The Morgan fingerprint density at radius 3 is 2.81 bits per heavy atom. The van der Waals surface area contributed by atoms with Crippen molar-refractivity contribution in [1.82, 2.24) is 5.32 Å². The average Bonchev–Trinajstić information content (AvgIpc) is 2.91. The zero-order valence-electron chi connectivity index (χ0n) is 11.9. The van der Waals surface area contributed by atoms with Gasteiger partial charge >= 0.3 is 5.97 Å². The summed E-state index contributed by atoms with van der Waals surface area (Å²) >= 11 is 3.19. The van der Waals surface area contributed by atoms with Crippen LogP contribution in [0.5, 0.6) is 0 Å². The normalized spacial score (nSPS) is 21.2. The monoisotopic (exact) mass is 354 g/mol. The summed E-state index contributed by atoms with van der Waals surface area (Å²) in [6.45, 7) is 2.89. The summed E-state index contributed by atoms with van der Waals surface area (Å²) < 4.78 is 0.496. The van der Waals surface area contributed by atoms with E-state index in [4.69, 9.17) is 5.11 Å². The first-order chi connectivity index (χ1) is 9.98. The molecule has 1 unspecified atom stereocenters. The predicted octanol–water partition coefficient (Wildman–Crippen LogP) is 3.01. The van der Waals surface area contributed by atoms with Crippen LogP contribution in [0.3, 0.4) is 0 Å². The second-order valence-electron chi connectivity index (χ2n) is 5.32. The van der Waals surface area contributed by atoms with E-state index in [0.29, 0.717) is 10.2 Å². The number of carbonyl (C=O) groups is 2. The zero-order chi connectivity index (χ0) is 15.5. The van der Waals surface area contributed by atoms with Crippen LogP contribution in [0, 0.1) is 0 Å². The molecule has 1 aliphatic heterocycles. The van der Waals surface area contributed by atoms with Crippen molar-refractivity contribution in [2.75, 3.05) is 11.9 Å². The van der Waals surface area contributed by atoms with E-state index < -0.39 is 11.5 Å². The maximum absolute atomic E-state index is 12.6. The van der Waals surface area contributed by atoms with E-state index in [0.717, 1.165) is 32.2 Å². The molecule has 5 nitrogen and oxygen atoms in total. The number of halogens is 1. The number of nitrogens with one attached hydrogen (secondary N) is 2. The second kappa shape index (κ2) is 6.58. The van der Waals surface area contributed by atoms with Gasteiger partial charge < -0.3 is 15.7 Å². The number of hydrogen-bond acceptors (Lipinski definition) is 3. The lowest BCUT2D eigenvalue weighted by molar-refractivity contribution is -0.122. The molecule has 21 heavy (non-hydrogen) atoms. The highest BCUT2D eigenvalue weighted by Gasteiger charge is 2.39. The topological polar surface area (TPSA) is 78.4 Å². The van der Waals surface area contributed by atoms with Crippen LogP contribution in [0.2, 0.25) is 0 Å². The van der Waals surface area contributed by atoms with Crippen LogP contribution in [0.25, 0.3) is 0 Å². The van der Waals surface area contributed by atoms with Gasteiger partial charge in [0.2, 0.25) is 5.91 Å². The first-order valence-electron chi connectivity index (χ1n) is 7.08. The molecule has 0 radical (unpaired) electrons. The van der Waals surface area contributed by atoms with E-state index in [-0.39, 0.29) is 11.5 Å². The van der Waals surface area contributed by atoms with Crippen molar-refractivity contribution < 1.29 is 14.7 Å². The first kappa shape index (κ1) is 16.0. The molecule has 0 aromatic heterocycles. The van der Waals surface area contributed by atoms with Crippen molar-refractivity contribution in [3.8, 4) is 0 Å². The summed E-state index contributed by atoms with van der Waals surface area (Å²) in [7, 11) is 0. The lowest BCUT2D eigenvalue weighted by Gasteiger charge is -2.28. The van der Waals surface area contributed by atoms with E-state index in [2.05, 4.69) is 33.5 Å². The van der Waals surface area contributed by atoms with Crippen molar-refractivity contribution in [1.29, 1.82) is 0 Å². The third-order valence-electron chi connectivity index (χ3n) is 3.81. The fraction of sp³-hybridized carbons (Fsp3) is 0.467. The lowest BCUT2D eigenvalue weighted by Crippen LogP contribution is -2.50. The molecule has 1 heterocycles. The molecular weight excluding hydrogens is 336 g/mol. The summed E-state index contributed by atoms with van der Waals surface area (Å²) in [5.41, 5.74) is 0.118. The SMILES string of the molecule is CCCC1(C(=O)Nc2ccc(Br)c(C(=O)O)c2)CCCN1. The molecule has 1 saturated heterocycles. The second-order valence-corrected chi connectivity index (χ2v) is 6.17. The summed E-state index contributed by atoms with van der Waals surface area (Å²) in [5.74, 6) is -1.11. The number of carboxylic acid groups (broad SMARTS) is 1. The summed E-state index contributed by atoms with van der Waals surface area (Å²) in [4.78, 5) is 23.7. The maximum atomic E-state index is 12.6. The Balaban J connectivity index is 2.19. The molecule has 1 amide bonds. The Morgan fingerprint density at radius 2 is 2.24 bits per heavy atom. The first-order valence-corrected chi connectivity index (χ1v) is 7.87. The molecule has 6 heteroatoms. The molecule has 1 aromatic carbocycles. The minimum absolute atomic E-state index is 0.0829. The van der Waals surface area contributed by atoms with Crippen molar-refractivity contribution in [2.45, 2.75) is 38.1 Å². The van der Waals surface area contributed by atoms with Crippen LogP contribution in [0.1, 0.15) is 43.0 Å². The Morgan fingerprint density at radius 1 is 1.48 bits per heavy atom. The van der Waals surface area contributed by atoms with Gasteiger partial charge in [0, 0.05) is 10.2 Å². The van der Waals surface area contributed by atoms with E-state index in [9.17, 15) is 9.59 Å². The average molecular weight is 355 g/mol. The van der Waals surface area contributed by atoms with Gasteiger partial charge in [-0.3, -0.25) is 4.79 Å². The number of aromatic carboxylic acids is 1. The molecule has 2 rings (SSSR count). The van der Waals surface area contributed by atoms with Crippen molar-refractivity contribution >= 4 is 33.5 Å². The fourth-order valence-electron chi connectivity index (χ4n) is 2.77. The lowest BCUT2D eigenvalue weighted by atomic mass is 9.90. The Labute approximate surface area is 132 Å². The minimum atomic E-state index is -1.03. The molecule has 3 N–H and O–H groups in total. The number of anilines is 1. The van der Waals surface area contributed by atoms with Gasteiger partial charge in [-0.25, -0.2) is 4.79 Å². The van der Waals surface area contributed by atoms with E-state index >= 15 is 0 Å².